The lowest BCUT2D eigenvalue weighted by Gasteiger charge is -2.15. The van der Waals surface area contributed by atoms with Crippen LogP contribution in [-0.4, -0.2) is 43.8 Å². The number of halogens is 3. The number of aromatic nitrogens is 1. The van der Waals surface area contributed by atoms with Crippen molar-refractivity contribution in [2.45, 2.75) is 36.8 Å². The van der Waals surface area contributed by atoms with E-state index in [9.17, 15) is 31.2 Å². The zero-order valence-corrected chi connectivity index (χ0v) is 19.5. The van der Waals surface area contributed by atoms with Gasteiger partial charge in [-0.2, -0.15) is 13.2 Å². The second kappa shape index (κ2) is 9.82. The van der Waals surface area contributed by atoms with Crippen molar-refractivity contribution >= 4 is 26.8 Å². The summed E-state index contributed by atoms with van der Waals surface area (Å²) in [7, 11) is -3.73. The first-order valence-electron chi connectivity index (χ1n) is 11.1. The van der Waals surface area contributed by atoms with Crippen molar-refractivity contribution in [2.24, 2.45) is 0 Å². The van der Waals surface area contributed by atoms with Crippen molar-refractivity contribution in [2.75, 3.05) is 19.6 Å². The van der Waals surface area contributed by atoms with E-state index in [0.717, 1.165) is 6.42 Å². The van der Waals surface area contributed by atoms with Crippen molar-refractivity contribution in [3.8, 4) is 0 Å². The number of pyridine rings is 1. The molecule has 0 atom stereocenters. The van der Waals surface area contributed by atoms with Gasteiger partial charge in [0.15, 0.2) is 0 Å². The Kier molecular flexibility index (Phi) is 7.00. The van der Waals surface area contributed by atoms with Crippen molar-refractivity contribution in [3.63, 3.8) is 0 Å². The van der Waals surface area contributed by atoms with Gasteiger partial charge in [0.05, 0.1) is 10.5 Å². The molecule has 0 saturated carbocycles. The molecule has 1 saturated heterocycles. The molecule has 186 valence electrons. The van der Waals surface area contributed by atoms with E-state index < -0.39 is 27.3 Å². The number of rotatable bonds is 8. The molecule has 1 aromatic heterocycles. The van der Waals surface area contributed by atoms with E-state index in [1.54, 1.807) is 23.1 Å². The molecular weight excluding hydrogens is 483 g/mol. The number of aromatic amines is 1. The molecule has 3 aromatic rings. The van der Waals surface area contributed by atoms with Crippen LogP contribution >= 0.6 is 0 Å². The zero-order chi connectivity index (χ0) is 25.2. The topological polar surface area (TPSA) is 99.3 Å². The van der Waals surface area contributed by atoms with E-state index in [4.69, 9.17) is 0 Å². The van der Waals surface area contributed by atoms with Crippen molar-refractivity contribution in [1.29, 1.82) is 0 Å². The van der Waals surface area contributed by atoms with Crippen molar-refractivity contribution in [3.05, 3.63) is 75.6 Å². The van der Waals surface area contributed by atoms with Crippen LogP contribution in [0.3, 0.4) is 0 Å². The standard InChI is InChI=1S/C24H24F3N3O4S/c25-24(26,27)20-15-22(31)29-21-9-6-17(14-19(20)21)13-16-4-7-18(8-5-16)35(33,34)28-10-2-12-30-11-1-3-23(30)32/h4-9,14-15,28H,1-3,10-13H2,(H,29,31). The van der Waals surface area contributed by atoms with Gasteiger partial charge < -0.3 is 9.88 Å². The minimum Gasteiger partial charge on any atom is -0.343 e. The molecule has 0 radical (unpaired) electrons. The van der Waals surface area contributed by atoms with Crippen LogP contribution in [0.15, 0.2) is 58.2 Å². The highest BCUT2D eigenvalue weighted by molar-refractivity contribution is 7.89. The number of sulfonamides is 1. The summed E-state index contributed by atoms with van der Waals surface area (Å²) in [4.78, 5) is 27.4. The van der Waals surface area contributed by atoms with Crippen LogP contribution in [0.4, 0.5) is 13.2 Å². The molecule has 1 aliphatic rings. The fraction of sp³-hybridized carbons (Fsp3) is 0.333. The van der Waals surface area contributed by atoms with Gasteiger partial charge in [-0.05, 0) is 54.7 Å². The fourth-order valence-corrected chi connectivity index (χ4v) is 5.24. The Hall–Kier alpha value is -3.18. The average Bonchev–Trinajstić information content (AvgIpc) is 3.21. The average molecular weight is 508 g/mol. The summed E-state index contributed by atoms with van der Waals surface area (Å²) < 4.78 is 67.8. The quantitative estimate of drug-likeness (QED) is 0.457. The van der Waals surface area contributed by atoms with Gasteiger partial charge >= 0.3 is 6.18 Å². The molecule has 4 rings (SSSR count). The summed E-state index contributed by atoms with van der Waals surface area (Å²) in [5.74, 6) is 0.0952. The molecule has 7 nitrogen and oxygen atoms in total. The largest absolute Gasteiger partial charge is 0.417 e. The van der Waals surface area contributed by atoms with Crippen LogP contribution < -0.4 is 10.3 Å². The Morgan fingerprint density at radius 3 is 2.37 bits per heavy atom. The van der Waals surface area contributed by atoms with E-state index in [-0.39, 0.29) is 34.7 Å². The lowest BCUT2D eigenvalue weighted by Crippen LogP contribution is -2.30. The summed E-state index contributed by atoms with van der Waals surface area (Å²) >= 11 is 0. The molecule has 11 heteroatoms. The van der Waals surface area contributed by atoms with Gasteiger partial charge in [-0.1, -0.05) is 18.2 Å². The molecule has 2 aromatic carbocycles. The number of alkyl halides is 3. The zero-order valence-electron chi connectivity index (χ0n) is 18.7. The summed E-state index contributed by atoms with van der Waals surface area (Å²) in [5.41, 5.74) is -0.434. The first kappa shape index (κ1) is 24.9. The van der Waals surface area contributed by atoms with E-state index in [1.807, 2.05) is 0 Å². The summed E-state index contributed by atoms with van der Waals surface area (Å²) in [6, 6.07) is 11.1. The summed E-state index contributed by atoms with van der Waals surface area (Å²) in [5, 5.41) is -0.103. The number of nitrogens with one attached hydrogen (secondary N) is 2. The minimum absolute atomic E-state index is 0.0777. The predicted octanol–water partition coefficient (Wildman–Crippen LogP) is 3.43. The van der Waals surface area contributed by atoms with Gasteiger partial charge in [0, 0.05) is 43.0 Å². The van der Waals surface area contributed by atoms with Gasteiger partial charge in [-0.3, -0.25) is 9.59 Å². The highest BCUT2D eigenvalue weighted by Gasteiger charge is 2.33. The number of nitrogens with zero attached hydrogens (tertiary/aromatic N) is 1. The Bertz CT molecular complexity index is 1400. The highest BCUT2D eigenvalue weighted by Crippen LogP contribution is 2.33. The van der Waals surface area contributed by atoms with Gasteiger partial charge in [-0.25, -0.2) is 13.1 Å². The molecule has 1 aliphatic heterocycles. The first-order chi connectivity index (χ1) is 16.5. The number of amides is 1. The van der Waals surface area contributed by atoms with Crippen LogP contribution in [0.2, 0.25) is 0 Å². The van der Waals surface area contributed by atoms with Crippen LogP contribution in [0.25, 0.3) is 10.9 Å². The SMILES string of the molecule is O=C1CCCN1CCCNS(=O)(=O)c1ccc(Cc2ccc3[nH]c(=O)cc(C(F)(F)F)c3c2)cc1. The van der Waals surface area contributed by atoms with Crippen LogP contribution in [-0.2, 0) is 27.4 Å². The van der Waals surface area contributed by atoms with E-state index in [0.29, 0.717) is 43.1 Å². The molecule has 1 amide bonds. The molecule has 1 fully saturated rings. The van der Waals surface area contributed by atoms with Gasteiger partial charge in [0.25, 0.3) is 0 Å². The first-order valence-corrected chi connectivity index (χ1v) is 12.6. The third-order valence-electron chi connectivity index (χ3n) is 5.92. The molecule has 0 aliphatic carbocycles. The van der Waals surface area contributed by atoms with Gasteiger partial charge in [0.1, 0.15) is 0 Å². The minimum atomic E-state index is -4.67. The number of fused-ring (bicyclic) bond motifs is 1. The maximum absolute atomic E-state index is 13.4. The van der Waals surface area contributed by atoms with E-state index in [2.05, 4.69) is 9.71 Å². The smallest absolute Gasteiger partial charge is 0.343 e. The number of carbonyl (C=O) groups excluding carboxylic acids is 1. The molecule has 0 spiro atoms. The summed E-state index contributed by atoms with van der Waals surface area (Å²) in [6.07, 6.45) is -2.50. The van der Waals surface area contributed by atoms with Gasteiger partial charge in [0.2, 0.25) is 21.5 Å². The fourth-order valence-electron chi connectivity index (χ4n) is 4.17. The maximum atomic E-state index is 13.4. The predicted molar refractivity (Wildman–Crippen MR) is 124 cm³/mol. The molecule has 2 N–H and O–H groups in total. The normalized spacial score (nSPS) is 14.7. The number of hydrogen-bond acceptors (Lipinski definition) is 4. The number of benzene rings is 2. The van der Waals surface area contributed by atoms with Crippen molar-refractivity contribution < 1.29 is 26.4 Å². The second-order valence-corrected chi connectivity index (χ2v) is 10.2. The third-order valence-corrected chi connectivity index (χ3v) is 7.40. The van der Waals surface area contributed by atoms with Gasteiger partial charge in [-0.15, -0.1) is 0 Å². The van der Waals surface area contributed by atoms with Crippen LogP contribution in [0.5, 0.6) is 0 Å². The highest BCUT2D eigenvalue weighted by atomic mass is 32.2. The van der Waals surface area contributed by atoms with Crippen LogP contribution in [0, 0.1) is 0 Å². The third kappa shape index (κ3) is 5.91. The number of likely N-dealkylation sites (tertiary alicyclic amines) is 1. The molecule has 0 bridgehead atoms. The van der Waals surface area contributed by atoms with E-state index >= 15 is 0 Å². The monoisotopic (exact) mass is 507 g/mol. The number of hydrogen-bond donors (Lipinski definition) is 2. The van der Waals surface area contributed by atoms with Crippen molar-refractivity contribution in [1.82, 2.24) is 14.6 Å². The molecular formula is C24H24F3N3O4S. The molecule has 2 heterocycles. The Balaban J connectivity index is 1.42. The Morgan fingerprint density at radius 1 is 1.00 bits per heavy atom. The molecule has 0 unspecified atom stereocenters. The Morgan fingerprint density at radius 2 is 1.71 bits per heavy atom. The number of carbonyl (C=O) groups is 1. The second-order valence-electron chi connectivity index (χ2n) is 8.48. The summed E-state index contributed by atoms with van der Waals surface area (Å²) in [6.45, 7) is 1.42. The van der Waals surface area contributed by atoms with Crippen LogP contribution in [0.1, 0.15) is 36.0 Å². The Labute approximate surface area is 200 Å². The number of H-pyrrole nitrogens is 1. The van der Waals surface area contributed by atoms with E-state index in [1.165, 1.54) is 24.3 Å². The molecule has 35 heavy (non-hydrogen) atoms. The maximum Gasteiger partial charge on any atom is 0.417 e. The lowest BCUT2D eigenvalue weighted by molar-refractivity contribution is -0.136. The lowest BCUT2D eigenvalue weighted by atomic mass is 10.0.